The summed E-state index contributed by atoms with van der Waals surface area (Å²) in [6.07, 6.45) is 1.38. The summed E-state index contributed by atoms with van der Waals surface area (Å²) in [6.45, 7) is 2.43. The normalized spacial score (nSPS) is 18.4. The number of benzene rings is 1. The fourth-order valence-corrected chi connectivity index (χ4v) is 3.11. The largest absolute Gasteiger partial charge is 0.454 e. The van der Waals surface area contributed by atoms with Gasteiger partial charge in [0.15, 0.2) is 17.3 Å². The van der Waals surface area contributed by atoms with Gasteiger partial charge in [-0.1, -0.05) is 5.16 Å². The molecule has 0 spiro atoms. The lowest BCUT2D eigenvalue weighted by atomic mass is 10.1. The van der Waals surface area contributed by atoms with E-state index in [9.17, 15) is 9.59 Å². The summed E-state index contributed by atoms with van der Waals surface area (Å²) in [7, 11) is 0. The van der Waals surface area contributed by atoms with E-state index in [0.29, 0.717) is 41.6 Å². The molecular weight excluding hydrogens is 326 g/mol. The number of anilines is 1. The molecular formula is C17H17N3O5. The van der Waals surface area contributed by atoms with Crippen LogP contribution in [0.5, 0.6) is 11.5 Å². The van der Waals surface area contributed by atoms with Gasteiger partial charge in [-0.15, -0.1) is 0 Å². The number of aryl methyl sites for hydroxylation is 1. The molecule has 2 aromatic rings. The minimum absolute atomic E-state index is 0.152. The number of carbonyl (C=O) groups is 2. The molecule has 8 nitrogen and oxygen atoms in total. The third-order valence-corrected chi connectivity index (χ3v) is 4.32. The molecule has 1 saturated heterocycles. The Hall–Kier alpha value is -3.03. The molecule has 1 N–H and O–H groups in total. The van der Waals surface area contributed by atoms with Crippen LogP contribution in [-0.4, -0.2) is 41.3 Å². The maximum absolute atomic E-state index is 12.8. The van der Waals surface area contributed by atoms with E-state index in [1.807, 2.05) is 0 Å². The Morgan fingerprint density at radius 2 is 2.08 bits per heavy atom. The lowest BCUT2D eigenvalue weighted by molar-refractivity contribution is -0.119. The fourth-order valence-electron chi connectivity index (χ4n) is 3.11. The van der Waals surface area contributed by atoms with Crippen LogP contribution in [0.3, 0.4) is 0 Å². The fraction of sp³-hybridized carbons (Fsp3) is 0.353. The summed E-state index contributed by atoms with van der Waals surface area (Å²) >= 11 is 0. The van der Waals surface area contributed by atoms with E-state index in [1.54, 1.807) is 36.1 Å². The molecule has 130 valence electrons. The summed E-state index contributed by atoms with van der Waals surface area (Å²) in [5, 5.41) is 6.45. The monoisotopic (exact) mass is 343 g/mol. The maximum Gasteiger partial charge on any atom is 0.254 e. The number of hydrogen-bond acceptors (Lipinski definition) is 6. The molecule has 2 amide bonds. The predicted octanol–water partition coefficient (Wildman–Crippen LogP) is 1.96. The van der Waals surface area contributed by atoms with E-state index in [4.69, 9.17) is 14.0 Å². The third-order valence-electron chi connectivity index (χ3n) is 4.32. The van der Waals surface area contributed by atoms with Crippen LogP contribution in [0.1, 0.15) is 29.0 Å². The van der Waals surface area contributed by atoms with Crippen LogP contribution in [0.25, 0.3) is 0 Å². The van der Waals surface area contributed by atoms with Crippen molar-refractivity contribution < 1.29 is 23.6 Å². The van der Waals surface area contributed by atoms with Gasteiger partial charge in [-0.25, -0.2) is 0 Å². The number of nitrogens with zero attached hydrogens (tertiary/aromatic N) is 2. The summed E-state index contributed by atoms with van der Waals surface area (Å²) in [4.78, 5) is 26.9. The van der Waals surface area contributed by atoms with E-state index in [2.05, 4.69) is 10.5 Å². The standard InChI is InChI=1S/C17H17N3O5/c1-10-7-15(19-25-10)18-16(21)12-3-2-6-20(12)17(22)11-4-5-13-14(8-11)24-9-23-13/h4-5,7-8,12H,2-3,6,9H2,1H3,(H,18,19,21)/t12-/m0/s1. The van der Waals surface area contributed by atoms with E-state index in [0.717, 1.165) is 6.42 Å². The second-order valence-electron chi connectivity index (χ2n) is 6.04. The summed E-state index contributed by atoms with van der Waals surface area (Å²) in [6, 6.07) is 6.15. The number of ether oxygens (including phenoxy) is 2. The summed E-state index contributed by atoms with van der Waals surface area (Å²) in [5.74, 6) is 1.66. The number of likely N-dealkylation sites (tertiary alicyclic amines) is 1. The Morgan fingerprint density at radius 1 is 1.24 bits per heavy atom. The van der Waals surface area contributed by atoms with E-state index in [-0.39, 0.29) is 18.6 Å². The van der Waals surface area contributed by atoms with Crippen LogP contribution in [0.15, 0.2) is 28.8 Å². The second-order valence-corrected chi connectivity index (χ2v) is 6.04. The zero-order chi connectivity index (χ0) is 17.4. The van der Waals surface area contributed by atoms with Crippen molar-refractivity contribution in [2.45, 2.75) is 25.8 Å². The van der Waals surface area contributed by atoms with Gasteiger partial charge in [-0.2, -0.15) is 0 Å². The highest BCUT2D eigenvalue weighted by atomic mass is 16.7. The smallest absolute Gasteiger partial charge is 0.254 e. The molecule has 0 unspecified atom stereocenters. The van der Waals surface area contributed by atoms with E-state index >= 15 is 0 Å². The molecule has 1 aromatic heterocycles. The molecule has 4 rings (SSSR count). The third kappa shape index (κ3) is 2.90. The first-order valence-electron chi connectivity index (χ1n) is 8.06. The number of rotatable bonds is 3. The Labute approximate surface area is 143 Å². The van der Waals surface area contributed by atoms with Gasteiger partial charge in [0.25, 0.3) is 5.91 Å². The van der Waals surface area contributed by atoms with Crippen molar-refractivity contribution in [3.63, 3.8) is 0 Å². The van der Waals surface area contributed by atoms with Crippen LogP contribution in [0.4, 0.5) is 5.82 Å². The number of nitrogens with one attached hydrogen (secondary N) is 1. The SMILES string of the molecule is Cc1cc(NC(=O)[C@@H]2CCCN2C(=O)c2ccc3c(c2)OCO3)no1. The van der Waals surface area contributed by atoms with Gasteiger partial charge in [-0.3, -0.25) is 9.59 Å². The molecule has 3 heterocycles. The first kappa shape index (κ1) is 15.5. The molecule has 2 aliphatic heterocycles. The highest BCUT2D eigenvalue weighted by Crippen LogP contribution is 2.33. The first-order chi connectivity index (χ1) is 12.1. The van der Waals surface area contributed by atoms with Crippen molar-refractivity contribution in [1.82, 2.24) is 10.1 Å². The number of amides is 2. The highest BCUT2D eigenvalue weighted by Gasteiger charge is 2.35. The van der Waals surface area contributed by atoms with Crippen molar-refractivity contribution in [3.8, 4) is 11.5 Å². The average molecular weight is 343 g/mol. The number of fused-ring (bicyclic) bond motifs is 1. The molecule has 0 aliphatic carbocycles. The predicted molar refractivity (Wildman–Crippen MR) is 86.5 cm³/mol. The van der Waals surface area contributed by atoms with Gasteiger partial charge in [-0.05, 0) is 38.0 Å². The van der Waals surface area contributed by atoms with Crippen molar-refractivity contribution in [3.05, 3.63) is 35.6 Å². The van der Waals surface area contributed by atoms with Gasteiger partial charge in [0, 0.05) is 18.2 Å². The average Bonchev–Trinajstić information content (AvgIpc) is 3.33. The summed E-state index contributed by atoms with van der Waals surface area (Å²) < 4.78 is 15.5. The Kier molecular flexibility index (Phi) is 3.79. The van der Waals surface area contributed by atoms with Crippen molar-refractivity contribution >= 4 is 17.6 Å². The molecule has 8 heteroatoms. The molecule has 1 atom stereocenters. The molecule has 0 radical (unpaired) electrons. The molecule has 0 bridgehead atoms. The Balaban J connectivity index is 1.50. The number of aromatic nitrogens is 1. The molecule has 25 heavy (non-hydrogen) atoms. The molecule has 1 fully saturated rings. The highest BCUT2D eigenvalue weighted by molar-refractivity contribution is 6.01. The van der Waals surface area contributed by atoms with Crippen LogP contribution < -0.4 is 14.8 Å². The van der Waals surface area contributed by atoms with Crippen LogP contribution in [-0.2, 0) is 4.79 Å². The van der Waals surface area contributed by atoms with Gasteiger partial charge < -0.3 is 24.2 Å². The Bertz CT molecular complexity index is 831. The van der Waals surface area contributed by atoms with Crippen molar-refractivity contribution in [1.29, 1.82) is 0 Å². The van der Waals surface area contributed by atoms with E-state index < -0.39 is 6.04 Å². The van der Waals surface area contributed by atoms with Gasteiger partial charge in [0.2, 0.25) is 12.7 Å². The van der Waals surface area contributed by atoms with Crippen LogP contribution in [0, 0.1) is 6.92 Å². The summed E-state index contributed by atoms with van der Waals surface area (Å²) in [5.41, 5.74) is 0.473. The van der Waals surface area contributed by atoms with Crippen molar-refractivity contribution in [2.75, 3.05) is 18.7 Å². The van der Waals surface area contributed by atoms with Gasteiger partial charge in [0.1, 0.15) is 11.8 Å². The minimum Gasteiger partial charge on any atom is -0.454 e. The minimum atomic E-state index is -0.532. The first-order valence-corrected chi connectivity index (χ1v) is 8.06. The number of hydrogen-bond donors (Lipinski definition) is 1. The lowest BCUT2D eigenvalue weighted by Gasteiger charge is -2.23. The van der Waals surface area contributed by atoms with Crippen LogP contribution in [0.2, 0.25) is 0 Å². The quantitative estimate of drug-likeness (QED) is 0.915. The zero-order valence-electron chi connectivity index (χ0n) is 13.7. The topological polar surface area (TPSA) is 93.9 Å². The molecule has 1 aromatic carbocycles. The van der Waals surface area contributed by atoms with Crippen molar-refractivity contribution in [2.24, 2.45) is 0 Å². The van der Waals surface area contributed by atoms with E-state index in [1.165, 1.54) is 0 Å². The lowest BCUT2D eigenvalue weighted by Crippen LogP contribution is -2.43. The number of carbonyl (C=O) groups excluding carboxylic acids is 2. The van der Waals surface area contributed by atoms with Gasteiger partial charge >= 0.3 is 0 Å². The second kappa shape index (κ2) is 6.12. The maximum atomic E-state index is 12.8. The molecule has 2 aliphatic rings. The molecule has 0 saturated carbocycles. The zero-order valence-corrected chi connectivity index (χ0v) is 13.7. The van der Waals surface area contributed by atoms with Crippen LogP contribution >= 0.6 is 0 Å². The Morgan fingerprint density at radius 3 is 2.88 bits per heavy atom. The van der Waals surface area contributed by atoms with Gasteiger partial charge in [0.05, 0.1) is 0 Å².